The van der Waals surface area contributed by atoms with Crippen molar-refractivity contribution in [3.8, 4) is 11.5 Å². The summed E-state index contributed by atoms with van der Waals surface area (Å²) in [6.45, 7) is 1.02. The molecule has 0 unspecified atom stereocenters. The van der Waals surface area contributed by atoms with E-state index in [2.05, 4.69) is 43.3 Å². The van der Waals surface area contributed by atoms with Crippen LogP contribution in [0.4, 0.5) is 0 Å². The summed E-state index contributed by atoms with van der Waals surface area (Å²) in [6, 6.07) is 16.6. The molecule has 0 spiro atoms. The standard InChI is InChI=1S/C20H25NO2/c1-21(2)14-16-13-12-15-8-4-5-9-17(15)20(16)23-19-11-7-6-10-18(19)22-3/h4-11,16,20H,12-14H2,1-3H3/t16-,20-/m1/s1. The van der Waals surface area contributed by atoms with Crippen molar-refractivity contribution in [1.29, 1.82) is 0 Å². The van der Waals surface area contributed by atoms with Gasteiger partial charge in [0.1, 0.15) is 6.10 Å². The molecular formula is C20H25NO2. The van der Waals surface area contributed by atoms with E-state index in [-0.39, 0.29) is 6.10 Å². The highest BCUT2D eigenvalue weighted by molar-refractivity contribution is 5.41. The number of hydrogen-bond acceptors (Lipinski definition) is 3. The minimum atomic E-state index is 0.0682. The molecule has 0 amide bonds. The Morgan fingerprint density at radius 1 is 1.00 bits per heavy atom. The first kappa shape index (κ1) is 15.9. The highest BCUT2D eigenvalue weighted by atomic mass is 16.5. The Bertz CT molecular complexity index is 654. The normalized spacial score (nSPS) is 20.2. The van der Waals surface area contributed by atoms with Gasteiger partial charge in [0.05, 0.1) is 7.11 Å². The first-order valence-electron chi connectivity index (χ1n) is 8.21. The first-order chi connectivity index (χ1) is 11.2. The number of aryl methyl sites for hydroxylation is 1. The molecule has 0 saturated heterocycles. The van der Waals surface area contributed by atoms with Crippen LogP contribution in [0.2, 0.25) is 0 Å². The summed E-state index contributed by atoms with van der Waals surface area (Å²) in [4.78, 5) is 2.25. The lowest BCUT2D eigenvalue weighted by atomic mass is 9.81. The molecule has 0 bridgehead atoms. The Morgan fingerprint density at radius 2 is 1.70 bits per heavy atom. The van der Waals surface area contributed by atoms with Crippen LogP contribution in [0.3, 0.4) is 0 Å². The summed E-state index contributed by atoms with van der Waals surface area (Å²) in [5.41, 5.74) is 2.72. The zero-order valence-corrected chi connectivity index (χ0v) is 14.2. The number of hydrogen-bond donors (Lipinski definition) is 0. The SMILES string of the molecule is COc1ccccc1O[C@H]1c2ccccc2CC[C@@H]1CN(C)C. The lowest BCUT2D eigenvalue weighted by Crippen LogP contribution is -2.33. The fourth-order valence-electron chi connectivity index (χ4n) is 3.45. The minimum absolute atomic E-state index is 0.0682. The Hall–Kier alpha value is -2.00. The number of methoxy groups -OCH3 is 1. The Morgan fingerprint density at radius 3 is 2.43 bits per heavy atom. The van der Waals surface area contributed by atoms with Crippen LogP contribution in [0.25, 0.3) is 0 Å². The fourth-order valence-corrected chi connectivity index (χ4v) is 3.45. The van der Waals surface area contributed by atoms with Crippen LogP contribution in [-0.2, 0) is 6.42 Å². The van der Waals surface area contributed by atoms with E-state index >= 15 is 0 Å². The first-order valence-corrected chi connectivity index (χ1v) is 8.21. The van der Waals surface area contributed by atoms with E-state index in [1.807, 2.05) is 24.3 Å². The van der Waals surface area contributed by atoms with Crippen molar-refractivity contribution in [2.24, 2.45) is 5.92 Å². The Kier molecular flexibility index (Phi) is 4.87. The second-order valence-corrected chi connectivity index (χ2v) is 6.45. The van der Waals surface area contributed by atoms with Crippen LogP contribution in [-0.4, -0.2) is 32.6 Å². The van der Waals surface area contributed by atoms with E-state index < -0.39 is 0 Å². The number of ether oxygens (including phenoxy) is 2. The van der Waals surface area contributed by atoms with Gasteiger partial charge in [0.25, 0.3) is 0 Å². The molecule has 3 nitrogen and oxygen atoms in total. The largest absolute Gasteiger partial charge is 0.493 e. The lowest BCUT2D eigenvalue weighted by molar-refractivity contribution is 0.0956. The molecule has 122 valence electrons. The fraction of sp³-hybridized carbons (Fsp3) is 0.400. The van der Waals surface area contributed by atoms with Crippen LogP contribution in [0, 0.1) is 5.92 Å². The smallest absolute Gasteiger partial charge is 0.162 e. The van der Waals surface area contributed by atoms with Crippen LogP contribution >= 0.6 is 0 Å². The van der Waals surface area contributed by atoms with Gasteiger partial charge in [-0.05, 0) is 50.2 Å². The molecule has 1 aliphatic rings. The zero-order chi connectivity index (χ0) is 16.2. The lowest BCUT2D eigenvalue weighted by Gasteiger charge is -2.35. The molecule has 1 aliphatic carbocycles. The predicted molar refractivity (Wildman–Crippen MR) is 93.2 cm³/mol. The predicted octanol–water partition coefficient (Wildman–Crippen LogP) is 3.94. The van der Waals surface area contributed by atoms with Crippen molar-refractivity contribution >= 4 is 0 Å². The molecule has 0 radical (unpaired) electrons. The molecule has 23 heavy (non-hydrogen) atoms. The molecule has 0 saturated carbocycles. The van der Waals surface area contributed by atoms with E-state index in [4.69, 9.17) is 9.47 Å². The van der Waals surface area contributed by atoms with Gasteiger partial charge in [-0.1, -0.05) is 36.4 Å². The summed E-state index contributed by atoms with van der Waals surface area (Å²) in [5.74, 6) is 2.09. The van der Waals surface area contributed by atoms with Crippen LogP contribution in [0.1, 0.15) is 23.7 Å². The molecule has 0 N–H and O–H groups in total. The van der Waals surface area contributed by atoms with E-state index in [1.54, 1.807) is 7.11 Å². The van der Waals surface area contributed by atoms with Gasteiger partial charge < -0.3 is 14.4 Å². The number of rotatable bonds is 5. The second kappa shape index (κ2) is 7.05. The summed E-state index contributed by atoms with van der Waals surface area (Å²) in [6.07, 6.45) is 2.34. The topological polar surface area (TPSA) is 21.7 Å². The van der Waals surface area contributed by atoms with Crippen molar-refractivity contribution in [3.05, 3.63) is 59.7 Å². The summed E-state index contributed by atoms with van der Waals surface area (Å²) in [5, 5.41) is 0. The number of benzene rings is 2. The highest BCUT2D eigenvalue weighted by Gasteiger charge is 2.32. The molecule has 0 heterocycles. The van der Waals surface area contributed by atoms with Crippen LogP contribution in [0.15, 0.2) is 48.5 Å². The third-order valence-electron chi connectivity index (χ3n) is 4.50. The average Bonchev–Trinajstić information content (AvgIpc) is 2.57. The van der Waals surface area contributed by atoms with Gasteiger partial charge in [0.15, 0.2) is 11.5 Å². The third-order valence-corrected chi connectivity index (χ3v) is 4.50. The summed E-state index contributed by atoms with van der Waals surface area (Å²) < 4.78 is 11.9. The van der Waals surface area contributed by atoms with Gasteiger partial charge in [-0.2, -0.15) is 0 Å². The van der Waals surface area contributed by atoms with Crippen LogP contribution in [0.5, 0.6) is 11.5 Å². The zero-order valence-electron chi connectivity index (χ0n) is 14.2. The monoisotopic (exact) mass is 311 g/mol. The third kappa shape index (κ3) is 3.50. The summed E-state index contributed by atoms with van der Waals surface area (Å²) >= 11 is 0. The Balaban J connectivity index is 1.94. The van der Waals surface area contributed by atoms with Crippen molar-refractivity contribution in [2.75, 3.05) is 27.7 Å². The Labute approximate surface area is 138 Å². The number of fused-ring (bicyclic) bond motifs is 1. The van der Waals surface area contributed by atoms with Gasteiger partial charge in [-0.3, -0.25) is 0 Å². The number of para-hydroxylation sites is 2. The van der Waals surface area contributed by atoms with Crippen molar-refractivity contribution in [2.45, 2.75) is 18.9 Å². The van der Waals surface area contributed by atoms with E-state index in [0.717, 1.165) is 30.9 Å². The maximum absolute atomic E-state index is 6.47. The highest BCUT2D eigenvalue weighted by Crippen LogP contribution is 2.40. The average molecular weight is 311 g/mol. The maximum atomic E-state index is 6.47. The molecule has 3 heteroatoms. The number of nitrogens with zero attached hydrogens (tertiary/aromatic N) is 1. The molecule has 2 atom stereocenters. The van der Waals surface area contributed by atoms with E-state index in [0.29, 0.717) is 5.92 Å². The van der Waals surface area contributed by atoms with Gasteiger partial charge in [0.2, 0.25) is 0 Å². The molecule has 3 rings (SSSR count). The maximum Gasteiger partial charge on any atom is 0.162 e. The molecular weight excluding hydrogens is 286 g/mol. The minimum Gasteiger partial charge on any atom is -0.493 e. The molecule has 2 aromatic rings. The van der Waals surface area contributed by atoms with E-state index in [9.17, 15) is 0 Å². The second-order valence-electron chi connectivity index (χ2n) is 6.45. The van der Waals surface area contributed by atoms with Crippen molar-refractivity contribution < 1.29 is 9.47 Å². The molecule has 2 aromatic carbocycles. The van der Waals surface area contributed by atoms with Gasteiger partial charge >= 0.3 is 0 Å². The van der Waals surface area contributed by atoms with Gasteiger partial charge in [-0.15, -0.1) is 0 Å². The van der Waals surface area contributed by atoms with Crippen molar-refractivity contribution in [3.63, 3.8) is 0 Å². The van der Waals surface area contributed by atoms with Gasteiger partial charge in [0, 0.05) is 12.5 Å². The molecule has 0 aromatic heterocycles. The van der Waals surface area contributed by atoms with Crippen molar-refractivity contribution in [1.82, 2.24) is 4.90 Å². The molecule has 0 aliphatic heterocycles. The van der Waals surface area contributed by atoms with Crippen LogP contribution < -0.4 is 9.47 Å². The summed E-state index contributed by atoms with van der Waals surface area (Å²) in [7, 11) is 5.94. The molecule has 0 fully saturated rings. The van der Waals surface area contributed by atoms with E-state index in [1.165, 1.54) is 11.1 Å². The quantitative estimate of drug-likeness (QED) is 0.835. The van der Waals surface area contributed by atoms with Gasteiger partial charge in [-0.25, -0.2) is 0 Å².